The highest BCUT2D eigenvalue weighted by Crippen LogP contribution is 2.30. The summed E-state index contributed by atoms with van der Waals surface area (Å²) < 4.78 is 26.6. The maximum atomic E-state index is 13.3. The van der Waals surface area contributed by atoms with Crippen molar-refractivity contribution in [1.82, 2.24) is 9.88 Å². The minimum absolute atomic E-state index is 0.0478. The maximum Gasteiger partial charge on any atom is 0.251 e. The lowest BCUT2D eigenvalue weighted by Crippen LogP contribution is -2.47. The molecule has 4 nitrogen and oxygen atoms in total. The van der Waals surface area contributed by atoms with Crippen molar-refractivity contribution in [2.75, 3.05) is 31.1 Å². The molecule has 0 bridgehead atoms. The zero-order chi connectivity index (χ0) is 18.1. The van der Waals surface area contributed by atoms with E-state index in [1.807, 2.05) is 30.3 Å². The monoisotopic (exact) mass is 359 g/mol. The number of piperidine rings is 2. The molecule has 6 heteroatoms. The van der Waals surface area contributed by atoms with Gasteiger partial charge in [-0.3, -0.25) is 4.79 Å². The molecule has 2 aliphatic heterocycles. The van der Waals surface area contributed by atoms with Gasteiger partial charge in [-0.05, 0) is 31.0 Å². The fourth-order valence-electron chi connectivity index (χ4n) is 3.90. The second-order valence-electron chi connectivity index (χ2n) is 7.30. The summed E-state index contributed by atoms with van der Waals surface area (Å²) in [6, 6.07) is 12.1. The Hall–Kier alpha value is -2.24. The molecule has 0 unspecified atom stereocenters. The number of pyridine rings is 1. The molecule has 4 rings (SSSR count). The Morgan fingerprint density at radius 2 is 1.69 bits per heavy atom. The van der Waals surface area contributed by atoms with E-state index in [0.717, 1.165) is 42.7 Å². The number of anilines is 1. The molecule has 1 aromatic carbocycles. The van der Waals surface area contributed by atoms with Gasteiger partial charge in [-0.1, -0.05) is 18.2 Å². The predicted octanol–water partition coefficient (Wildman–Crippen LogP) is 3.71. The Morgan fingerprint density at radius 3 is 2.42 bits per heavy atom. The largest absolute Gasteiger partial charge is 0.357 e. The van der Waals surface area contributed by atoms with Crippen LogP contribution in [0.1, 0.15) is 25.7 Å². The number of hydrogen-bond donors (Lipinski definition) is 0. The summed E-state index contributed by atoms with van der Waals surface area (Å²) in [7, 11) is 0. The molecule has 3 heterocycles. The summed E-state index contributed by atoms with van der Waals surface area (Å²) in [5, 5.41) is 1.11. The molecular formula is C20H23F2N3O. The second-order valence-corrected chi connectivity index (χ2v) is 7.30. The molecule has 0 atom stereocenters. The van der Waals surface area contributed by atoms with Crippen molar-refractivity contribution in [3.05, 3.63) is 36.4 Å². The number of likely N-dealkylation sites (tertiary alicyclic amines) is 1. The number of nitrogens with zero attached hydrogens (tertiary/aromatic N) is 3. The van der Waals surface area contributed by atoms with E-state index in [4.69, 9.17) is 4.98 Å². The quantitative estimate of drug-likeness (QED) is 0.820. The fraction of sp³-hybridized carbons (Fsp3) is 0.500. The van der Waals surface area contributed by atoms with Crippen LogP contribution in [-0.4, -0.2) is 47.9 Å². The topological polar surface area (TPSA) is 36.4 Å². The van der Waals surface area contributed by atoms with Crippen LogP contribution in [0.15, 0.2) is 36.4 Å². The summed E-state index contributed by atoms with van der Waals surface area (Å²) in [6.45, 7) is 1.90. The third-order valence-corrected chi connectivity index (χ3v) is 5.56. The van der Waals surface area contributed by atoms with Crippen molar-refractivity contribution in [1.29, 1.82) is 0 Å². The lowest BCUT2D eigenvalue weighted by atomic mass is 9.94. The SMILES string of the molecule is O=C(C1CCN(c2ccc3ccccc3n2)CC1)N1CCC(F)(F)CC1. The van der Waals surface area contributed by atoms with Crippen LogP contribution >= 0.6 is 0 Å². The molecule has 2 aromatic rings. The Balaban J connectivity index is 1.36. The van der Waals surface area contributed by atoms with Crippen LogP contribution < -0.4 is 4.90 Å². The van der Waals surface area contributed by atoms with E-state index in [-0.39, 0.29) is 37.8 Å². The number of fused-ring (bicyclic) bond motifs is 1. The van der Waals surface area contributed by atoms with Crippen molar-refractivity contribution >= 4 is 22.6 Å². The summed E-state index contributed by atoms with van der Waals surface area (Å²) in [5.74, 6) is -1.68. The van der Waals surface area contributed by atoms with Crippen LogP contribution in [0.4, 0.5) is 14.6 Å². The first-order chi connectivity index (χ1) is 12.5. The van der Waals surface area contributed by atoms with Crippen LogP contribution in [0.2, 0.25) is 0 Å². The van der Waals surface area contributed by atoms with Gasteiger partial charge in [0.15, 0.2) is 0 Å². The molecule has 0 radical (unpaired) electrons. The van der Waals surface area contributed by atoms with Crippen molar-refractivity contribution < 1.29 is 13.6 Å². The molecule has 0 spiro atoms. The van der Waals surface area contributed by atoms with E-state index in [1.54, 1.807) is 4.90 Å². The number of carbonyl (C=O) groups is 1. The average molecular weight is 359 g/mol. The molecule has 2 saturated heterocycles. The van der Waals surface area contributed by atoms with Crippen LogP contribution in [0.5, 0.6) is 0 Å². The summed E-state index contributed by atoms with van der Waals surface area (Å²) in [5.41, 5.74) is 0.970. The smallest absolute Gasteiger partial charge is 0.251 e. The van der Waals surface area contributed by atoms with Gasteiger partial charge in [0.05, 0.1) is 5.52 Å². The number of benzene rings is 1. The van der Waals surface area contributed by atoms with Crippen LogP contribution in [0.25, 0.3) is 10.9 Å². The van der Waals surface area contributed by atoms with E-state index >= 15 is 0 Å². The van der Waals surface area contributed by atoms with Gasteiger partial charge in [0.1, 0.15) is 5.82 Å². The number of hydrogen-bond acceptors (Lipinski definition) is 3. The van der Waals surface area contributed by atoms with Crippen molar-refractivity contribution in [3.8, 4) is 0 Å². The summed E-state index contributed by atoms with van der Waals surface area (Å²) in [6.07, 6.45) is 1.08. The highest BCUT2D eigenvalue weighted by Gasteiger charge is 2.37. The lowest BCUT2D eigenvalue weighted by molar-refractivity contribution is -0.142. The zero-order valence-electron chi connectivity index (χ0n) is 14.7. The Kier molecular flexibility index (Phi) is 4.51. The van der Waals surface area contributed by atoms with E-state index in [0.29, 0.717) is 0 Å². The molecule has 2 fully saturated rings. The summed E-state index contributed by atoms with van der Waals surface area (Å²) >= 11 is 0. The number of halogens is 2. The Morgan fingerprint density at radius 1 is 1.00 bits per heavy atom. The molecule has 0 saturated carbocycles. The van der Waals surface area contributed by atoms with Crippen LogP contribution in [-0.2, 0) is 4.79 Å². The highest BCUT2D eigenvalue weighted by molar-refractivity contribution is 5.81. The molecule has 26 heavy (non-hydrogen) atoms. The Bertz CT molecular complexity index is 792. The normalized spacial score (nSPS) is 21.2. The van der Waals surface area contributed by atoms with Gasteiger partial charge in [-0.15, -0.1) is 0 Å². The predicted molar refractivity (Wildman–Crippen MR) is 97.4 cm³/mol. The fourth-order valence-corrected chi connectivity index (χ4v) is 3.90. The minimum Gasteiger partial charge on any atom is -0.357 e. The highest BCUT2D eigenvalue weighted by atomic mass is 19.3. The van der Waals surface area contributed by atoms with Crippen molar-refractivity contribution in [3.63, 3.8) is 0 Å². The van der Waals surface area contributed by atoms with Gasteiger partial charge in [0, 0.05) is 50.3 Å². The third-order valence-electron chi connectivity index (χ3n) is 5.56. The molecule has 2 aliphatic rings. The van der Waals surface area contributed by atoms with Gasteiger partial charge >= 0.3 is 0 Å². The molecule has 1 aromatic heterocycles. The standard InChI is InChI=1S/C20H23F2N3O/c21-20(22)9-13-25(14-10-20)19(26)16-7-11-24(12-8-16)18-6-5-15-3-1-2-4-17(15)23-18/h1-6,16H,7-14H2. The second kappa shape index (κ2) is 6.82. The molecule has 0 aliphatic carbocycles. The van der Waals surface area contributed by atoms with E-state index < -0.39 is 5.92 Å². The van der Waals surface area contributed by atoms with Gasteiger partial charge in [0.2, 0.25) is 5.91 Å². The molecule has 0 N–H and O–H groups in total. The first-order valence-electron chi connectivity index (χ1n) is 9.29. The number of aromatic nitrogens is 1. The molecule has 138 valence electrons. The molecule has 1 amide bonds. The zero-order valence-corrected chi connectivity index (χ0v) is 14.7. The first kappa shape index (κ1) is 17.2. The maximum absolute atomic E-state index is 13.3. The van der Waals surface area contributed by atoms with Crippen LogP contribution in [0, 0.1) is 5.92 Å². The van der Waals surface area contributed by atoms with Gasteiger partial charge in [-0.2, -0.15) is 0 Å². The van der Waals surface area contributed by atoms with E-state index in [9.17, 15) is 13.6 Å². The van der Waals surface area contributed by atoms with E-state index in [2.05, 4.69) is 11.0 Å². The first-order valence-corrected chi connectivity index (χ1v) is 9.29. The average Bonchev–Trinajstić information content (AvgIpc) is 2.67. The van der Waals surface area contributed by atoms with Crippen LogP contribution in [0.3, 0.4) is 0 Å². The summed E-state index contributed by atoms with van der Waals surface area (Å²) in [4.78, 5) is 21.2. The van der Waals surface area contributed by atoms with Gasteiger partial charge in [-0.25, -0.2) is 13.8 Å². The third kappa shape index (κ3) is 3.50. The minimum atomic E-state index is -2.61. The lowest BCUT2D eigenvalue weighted by Gasteiger charge is -2.37. The number of amides is 1. The van der Waals surface area contributed by atoms with Gasteiger partial charge < -0.3 is 9.80 Å². The van der Waals surface area contributed by atoms with Gasteiger partial charge in [0.25, 0.3) is 5.92 Å². The number of para-hydroxylation sites is 1. The molecular weight excluding hydrogens is 336 g/mol. The number of rotatable bonds is 2. The van der Waals surface area contributed by atoms with Crippen molar-refractivity contribution in [2.24, 2.45) is 5.92 Å². The Labute approximate surface area is 151 Å². The number of carbonyl (C=O) groups excluding carboxylic acids is 1. The van der Waals surface area contributed by atoms with Crippen molar-refractivity contribution in [2.45, 2.75) is 31.6 Å². The van der Waals surface area contributed by atoms with E-state index in [1.165, 1.54) is 0 Å². The number of alkyl halides is 2.